The molecular weight excluding hydrogens is 206 g/mol. The summed E-state index contributed by atoms with van der Waals surface area (Å²) in [6.07, 6.45) is 8.73. The first-order valence-corrected chi connectivity index (χ1v) is 6.14. The van der Waals surface area contributed by atoms with Crippen molar-refractivity contribution in [2.75, 3.05) is 0 Å². The van der Waals surface area contributed by atoms with Crippen LogP contribution in [-0.4, -0.2) is 11.2 Å². The molecule has 0 aromatic carbocycles. The van der Waals surface area contributed by atoms with E-state index in [1.165, 1.54) is 19.3 Å². The minimum atomic E-state index is 0.544. The molecular formula is C11H17N3S. The fraction of sp³-hybridized carbons (Fsp3) is 0.727. The molecule has 0 aromatic rings. The van der Waals surface area contributed by atoms with E-state index in [0.717, 1.165) is 23.7 Å². The van der Waals surface area contributed by atoms with Crippen molar-refractivity contribution in [1.29, 1.82) is 0 Å². The van der Waals surface area contributed by atoms with E-state index in [9.17, 15) is 0 Å². The first-order chi connectivity index (χ1) is 7.29. The summed E-state index contributed by atoms with van der Waals surface area (Å²) in [5.41, 5.74) is 2.51. The van der Waals surface area contributed by atoms with E-state index in [4.69, 9.17) is 18.1 Å². The van der Waals surface area contributed by atoms with Gasteiger partial charge in [0, 0.05) is 6.04 Å². The Morgan fingerprint density at radius 3 is 3.00 bits per heavy atom. The standard InChI is InChI=1S/C11H17N3S/c12-14-11(15)13-10-5-6-4-9(10)8-3-1-2-7(6)8/h1,3,6-10H,2,4-5,12H2,(H2,13,14,15)/t6-,7+,8-,9+,10-/m1/s1. The number of nitrogens with two attached hydrogens (primary N) is 1. The molecule has 3 aliphatic rings. The number of fused-ring (bicyclic) bond motifs is 5. The van der Waals surface area contributed by atoms with Gasteiger partial charge in [0.25, 0.3) is 0 Å². The molecule has 0 spiro atoms. The number of thiocarbonyl (C=S) groups is 1. The summed E-state index contributed by atoms with van der Waals surface area (Å²) in [7, 11) is 0. The van der Waals surface area contributed by atoms with Crippen LogP contribution in [0.15, 0.2) is 12.2 Å². The Balaban J connectivity index is 1.70. The Morgan fingerprint density at radius 2 is 2.20 bits per heavy atom. The van der Waals surface area contributed by atoms with Crippen LogP contribution in [0.1, 0.15) is 19.3 Å². The molecule has 5 atom stereocenters. The van der Waals surface area contributed by atoms with Gasteiger partial charge in [0.05, 0.1) is 0 Å². The van der Waals surface area contributed by atoms with Crippen molar-refractivity contribution in [2.24, 2.45) is 29.5 Å². The Morgan fingerprint density at radius 1 is 1.33 bits per heavy atom. The maximum absolute atomic E-state index is 5.29. The lowest BCUT2D eigenvalue weighted by atomic mass is 9.79. The Labute approximate surface area is 95.5 Å². The molecule has 0 aromatic heterocycles. The van der Waals surface area contributed by atoms with E-state index in [1.807, 2.05) is 0 Å². The highest BCUT2D eigenvalue weighted by Crippen LogP contribution is 2.56. The minimum Gasteiger partial charge on any atom is -0.359 e. The van der Waals surface area contributed by atoms with E-state index in [0.29, 0.717) is 11.2 Å². The molecule has 3 rings (SSSR count). The molecule has 0 unspecified atom stereocenters. The fourth-order valence-corrected chi connectivity index (χ4v) is 4.07. The second-order valence-corrected chi connectivity index (χ2v) is 5.43. The van der Waals surface area contributed by atoms with Crippen molar-refractivity contribution in [3.05, 3.63) is 12.2 Å². The summed E-state index contributed by atoms with van der Waals surface area (Å²) >= 11 is 5.06. The van der Waals surface area contributed by atoms with E-state index < -0.39 is 0 Å². The van der Waals surface area contributed by atoms with Gasteiger partial charge < -0.3 is 10.7 Å². The summed E-state index contributed by atoms with van der Waals surface area (Å²) < 4.78 is 0. The molecule has 2 bridgehead atoms. The topological polar surface area (TPSA) is 50.1 Å². The van der Waals surface area contributed by atoms with Crippen LogP contribution in [-0.2, 0) is 0 Å². The van der Waals surface area contributed by atoms with Crippen molar-refractivity contribution in [1.82, 2.24) is 10.7 Å². The molecule has 2 saturated carbocycles. The van der Waals surface area contributed by atoms with Crippen LogP contribution in [0.5, 0.6) is 0 Å². The summed E-state index contributed by atoms with van der Waals surface area (Å²) in [6.45, 7) is 0. The second-order valence-electron chi connectivity index (χ2n) is 5.02. The van der Waals surface area contributed by atoms with E-state index in [1.54, 1.807) is 0 Å². The first kappa shape index (κ1) is 9.60. The molecule has 0 radical (unpaired) electrons. The Hall–Kier alpha value is -0.610. The quantitative estimate of drug-likeness (QED) is 0.268. The van der Waals surface area contributed by atoms with Crippen LogP contribution < -0.4 is 16.6 Å². The molecule has 3 nitrogen and oxygen atoms in total. The smallest absolute Gasteiger partial charge is 0.180 e. The lowest BCUT2D eigenvalue weighted by Crippen LogP contribution is -2.48. The SMILES string of the molecule is NNC(=S)N[C@@H]1C[C@H]2C[C@H]1[C@@H]1C=CC[C@@H]21. The zero-order valence-corrected chi connectivity index (χ0v) is 9.46. The van der Waals surface area contributed by atoms with Gasteiger partial charge >= 0.3 is 0 Å². The van der Waals surface area contributed by atoms with Crippen molar-refractivity contribution >= 4 is 17.3 Å². The number of hydrazine groups is 1. The normalized spacial score (nSPS) is 45.5. The van der Waals surface area contributed by atoms with Gasteiger partial charge in [-0.3, -0.25) is 0 Å². The highest BCUT2D eigenvalue weighted by atomic mass is 32.1. The third-order valence-electron chi connectivity index (χ3n) is 4.46. The van der Waals surface area contributed by atoms with Crippen LogP contribution in [0.3, 0.4) is 0 Å². The van der Waals surface area contributed by atoms with Gasteiger partial charge in [-0.25, -0.2) is 5.84 Å². The molecule has 15 heavy (non-hydrogen) atoms. The lowest BCUT2D eigenvalue weighted by molar-refractivity contribution is 0.246. The summed E-state index contributed by atoms with van der Waals surface area (Å²) in [6, 6.07) is 0.544. The second kappa shape index (κ2) is 3.46. The van der Waals surface area contributed by atoms with Crippen LogP contribution in [0, 0.1) is 23.7 Å². The number of nitrogens with one attached hydrogen (secondary N) is 2. The highest BCUT2D eigenvalue weighted by Gasteiger charge is 2.52. The average molecular weight is 223 g/mol. The summed E-state index contributed by atoms with van der Waals surface area (Å²) in [5.74, 6) is 8.72. The van der Waals surface area contributed by atoms with E-state index >= 15 is 0 Å². The van der Waals surface area contributed by atoms with Gasteiger partial charge in [-0.2, -0.15) is 0 Å². The maximum Gasteiger partial charge on any atom is 0.180 e. The number of rotatable bonds is 1. The van der Waals surface area contributed by atoms with Crippen LogP contribution in [0.2, 0.25) is 0 Å². The van der Waals surface area contributed by atoms with Gasteiger partial charge in [0.2, 0.25) is 0 Å². The monoisotopic (exact) mass is 223 g/mol. The van der Waals surface area contributed by atoms with Crippen molar-refractivity contribution in [3.63, 3.8) is 0 Å². The predicted octanol–water partition coefficient (Wildman–Crippen LogP) is 0.925. The Kier molecular flexibility index (Phi) is 2.21. The van der Waals surface area contributed by atoms with Crippen LogP contribution in [0.25, 0.3) is 0 Å². The van der Waals surface area contributed by atoms with E-state index in [2.05, 4.69) is 22.9 Å². The van der Waals surface area contributed by atoms with Crippen LogP contribution >= 0.6 is 12.2 Å². The average Bonchev–Trinajstić information content (AvgIpc) is 2.87. The van der Waals surface area contributed by atoms with Crippen molar-refractivity contribution in [3.8, 4) is 0 Å². The predicted molar refractivity (Wildman–Crippen MR) is 63.8 cm³/mol. The largest absolute Gasteiger partial charge is 0.359 e. The molecule has 82 valence electrons. The van der Waals surface area contributed by atoms with Gasteiger partial charge in [0.15, 0.2) is 5.11 Å². The third-order valence-corrected chi connectivity index (χ3v) is 4.69. The zero-order valence-electron chi connectivity index (χ0n) is 8.65. The fourth-order valence-electron chi connectivity index (χ4n) is 3.92. The third kappa shape index (κ3) is 1.39. The zero-order chi connectivity index (χ0) is 10.4. The molecule has 4 N–H and O–H groups in total. The number of hydrogen-bond donors (Lipinski definition) is 3. The van der Waals surface area contributed by atoms with Gasteiger partial charge in [-0.1, -0.05) is 12.2 Å². The summed E-state index contributed by atoms with van der Waals surface area (Å²) in [4.78, 5) is 0. The minimum absolute atomic E-state index is 0.544. The molecule has 0 heterocycles. The molecule has 0 amide bonds. The van der Waals surface area contributed by atoms with Gasteiger partial charge in [-0.05, 0) is 55.2 Å². The van der Waals surface area contributed by atoms with E-state index in [-0.39, 0.29) is 0 Å². The molecule has 0 saturated heterocycles. The van der Waals surface area contributed by atoms with Crippen molar-refractivity contribution in [2.45, 2.75) is 25.3 Å². The highest BCUT2D eigenvalue weighted by molar-refractivity contribution is 7.80. The number of hydrogen-bond acceptors (Lipinski definition) is 2. The molecule has 0 aliphatic heterocycles. The molecule has 3 aliphatic carbocycles. The molecule has 2 fully saturated rings. The van der Waals surface area contributed by atoms with Gasteiger partial charge in [-0.15, -0.1) is 0 Å². The molecule has 4 heteroatoms. The van der Waals surface area contributed by atoms with Gasteiger partial charge in [0.1, 0.15) is 0 Å². The van der Waals surface area contributed by atoms with Crippen molar-refractivity contribution < 1.29 is 0 Å². The Bertz CT molecular complexity index is 315. The van der Waals surface area contributed by atoms with Crippen LogP contribution in [0.4, 0.5) is 0 Å². The lowest BCUT2D eigenvalue weighted by Gasteiger charge is -2.32. The maximum atomic E-state index is 5.29. The first-order valence-electron chi connectivity index (χ1n) is 5.73. The summed E-state index contributed by atoms with van der Waals surface area (Å²) in [5, 5.41) is 3.92. The number of allylic oxidation sites excluding steroid dienone is 2.